The number of hydrogen-bond acceptors (Lipinski definition) is 5. The van der Waals surface area contributed by atoms with E-state index in [0.717, 1.165) is 0 Å². The number of hydrogen-bond donors (Lipinski definition) is 3. The van der Waals surface area contributed by atoms with Crippen LogP contribution in [0, 0.1) is 0 Å². The molecule has 0 aliphatic carbocycles. The average Bonchev–Trinajstić information content (AvgIpc) is 2.11. The zero-order valence-corrected chi connectivity index (χ0v) is 8.56. The van der Waals surface area contributed by atoms with E-state index in [1.54, 1.807) is 0 Å². The van der Waals surface area contributed by atoms with Gasteiger partial charge in [0, 0.05) is 20.6 Å². The molecule has 3 N–H and O–H groups in total. The van der Waals surface area contributed by atoms with Crippen molar-refractivity contribution >= 4 is 13.0 Å². The molecule has 0 saturated carbocycles. The molecule has 0 saturated heterocycles. The summed E-state index contributed by atoms with van der Waals surface area (Å²) in [6.45, 7) is 1.45. The first kappa shape index (κ1) is 13.4. The van der Waals surface area contributed by atoms with E-state index in [4.69, 9.17) is 19.6 Å². The minimum absolute atomic E-state index is 0.132. The van der Waals surface area contributed by atoms with E-state index in [0.29, 0.717) is 0 Å². The van der Waals surface area contributed by atoms with Gasteiger partial charge in [0.1, 0.15) is 6.04 Å². The van der Waals surface area contributed by atoms with Crippen LogP contribution >= 0.6 is 0 Å². The van der Waals surface area contributed by atoms with Crippen molar-refractivity contribution < 1.29 is 24.4 Å². The summed E-state index contributed by atoms with van der Waals surface area (Å²) in [5, 5.41) is 20.2. The van der Waals surface area contributed by atoms with Gasteiger partial charge in [0.2, 0.25) is 0 Å². The Morgan fingerprint density at radius 2 is 2.00 bits per heavy atom. The quantitative estimate of drug-likeness (QED) is 0.370. The Labute approximate surface area is 83.3 Å². The zero-order chi connectivity index (χ0) is 11.1. The van der Waals surface area contributed by atoms with E-state index < -0.39 is 25.4 Å². The predicted molar refractivity (Wildman–Crippen MR) is 50.8 cm³/mol. The van der Waals surface area contributed by atoms with Crippen LogP contribution in [0.1, 0.15) is 6.42 Å². The van der Waals surface area contributed by atoms with Crippen molar-refractivity contribution in [2.45, 2.75) is 25.6 Å². The van der Waals surface area contributed by atoms with Gasteiger partial charge in [-0.25, -0.2) is 0 Å². The molecule has 0 aromatic heterocycles. The van der Waals surface area contributed by atoms with Crippen LogP contribution in [-0.4, -0.2) is 49.7 Å². The first-order chi connectivity index (χ1) is 6.51. The van der Waals surface area contributed by atoms with Crippen molar-refractivity contribution in [2.75, 3.05) is 14.2 Å². The standard InChI is InChI=1S/C7H16BNO5/c1-8(12)9-5(7(10)11)4-6(13-2)14-3/h5-6,9,12H,4H2,1-3H3,(H,10,11)/t5-/m0/s1. The average molecular weight is 205 g/mol. The maximum Gasteiger partial charge on any atom is 0.374 e. The van der Waals surface area contributed by atoms with Crippen LogP contribution < -0.4 is 5.23 Å². The summed E-state index contributed by atoms with van der Waals surface area (Å²) in [7, 11) is 1.97. The van der Waals surface area contributed by atoms with Gasteiger partial charge < -0.3 is 24.8 Å². The van der Waals surface area contributed by atoms with Gasteiger partial charge in [-0.1, -0.05) is 0 Å². The summed E-state index contributed by atoms with van der Waals surface area (Å²) in [4.78, 5) is 10.7. The Hall–Kier alpha value is -0.625. The molecule has 0 amide bonds. The number of ether oxygens (including phenoxy) is 2. The Kier molecular flexibility index (Phi) is 6.47. The number of carboxylic acids is 1. The van der Waals surface area contributed by atoms with E-state index in [1.807, 2.05) is 0 Å². The molecule has 0 unspecified atom stereocenters. The lowest BCUT2D eigenvalue weighted by atomic mass is 9.86. The van der Waals surface area contributed by atoms with Gasteiger partial charge >= 0.3 is 13.0 Å². The first-order valence-corrected chi connectivity index (χ1v) is 4.23. The Morgan fingerprint density at radius 1 is 1.50 bits per heavy atom. The molecule has 0 bridgehead atoms. The largest absolute Gasteiger partial charge is 0.480 e. The fourth-order valence-electron chi connectivity index (χ4n) is 1.01. The van der Waals surface area contributed by atoms with Gasteiger partial charge in [-0.15, -0.1) is 0 Å². The third-order valence-electron chi connectivity index (χ3n) is 1.69. The number of methoxy groups -OCH3 is 2. The number of nitrogens with one attached hydrogen (secondary N) is 1. The van der Waals surface area contributed by atoms with Crippen molar-refractivity contribution in [3.8, 4) is 0 Å². The lowest BCUT2D eigenvalue weighted by Gasteiger charge is -2.19. The molecule has 7 heteroatoms. The molecule has 0 heterocycles. The van der Waals surface area contributed by atoms with Crippen molar-refractivity contribution in [1.82, 2.24) is 5.23 Å². The molecule has 0 aliphatic heterocycles. The maximum absolute atomic E-state index is 10.7. The van der Waals surface area contributed by atoms with Crippen molar-refractivity contribution in [2.24, 2.45) is 0 Å². The predicted octanol–water partition coefficient (Wildman–Crippen LogP) is -0.851. The number of rotatable bonds is 7. The molecule has 0 aliphatic rings. The van der Waals surface area contributed by atoms with E-state index in [2.05, 4.69) is 5.23 Å². The molecule has 0 radical (unpaired) electrons. The van der Waals surface area contributed by atoms with E-state index in [9.17, 15) is 4.79 Å². The van der Waals surface area contributed by atoms with Crippen molar-refractivity contribution in [3.63, 3.8) is 0 Å². The van der Waals surface area contributed by atoms with Crippen molar-refractivity contribution in [3.05, 3.63) is 0 Å². The minimum atomic E-state index is -1.05. The van der Waals surface area contributed by atoms with Gasteiger partial charge in [-0.05, 0) is 6.82 Å². The number of carbonyl (C=O) groups is 1. The highest BCUT2D eigenvalue weighted by atomic mass is 16.7. The van der Waals surface area contributed by atoms with Gasteiger partial charge in [-0.3, -0.25) is 4.79 Å². The molecule has 14 heavy (non-hydrogen) atoms. The van der Waals surface area contributed by atoms with E-state index in [1.165, 1.54) is 21.0 Å². The van der Waals surface area contributed by atoms with Crippen LogP contribution in [-0.2, 0) is 14.3 Å². The highest BCUT2D eigenvalue weighted by Crippen LogP contribution is 2.03. The fourth-order valence-corrected chi connectivity index (χ4v) is 1.01. The van der Waals surface area contributed by atoms with Gasteiger partial charge in [0.25, 0.3) is 0 Å². The Balaban J connectivity index is 4.14. The molecular weight excluding hydrogens is 189 g/mol. The summed E-state index contributed by atoms with van der Waals surface area (Å²) in [6, 6.07) is -0.889. The Bertz CT molecular complexity index is 173. The minimum Gasteiger partial charge on any atom is -0.480 e. The van der Waals surface area contributed by atoms with Crippen LogP contribution in [0.5, 0.6) is 0 Å². The summed E-state index contributed by atoms with van der Waals surface area (Å²) >= 11 is 0. The van der Waals surface area contributed by atoms with Crippen LogP contribution in [0.4, 0.5) is 0 Å². The van der Waals surface area contributed by atoms with Gasteiger partial charge in [0.15, 0.2) is 6.29 Å². The third-order valence-corrected chi connectivity index (χ3v) is 1.69. The number of aliphatic carboxylic acids is 1. The fraction of sp³-hybridized carbons (Fsp3) is 0.857. The smallest absolute Gasteiger partial charge is 0.374 e. The highest BCUT2D eigenvalue weighted by Gasteiger charge is 2.24. The second-order valence-corrected chi connectivity index (χ2v) is 2.87. The molecule has 0 spiro atoms. The zero-order valence-electron chi connectivity index (χ0n) is 8.56. The molecule has 0 rings (SSSR count). The third kappa shape index (κ3) is 5.18. The molecule has 0 fully saturated rings. The lowest BCUT2D eigenvalue weighted by Crippen LogP contribution is -2.46. The van der Waals surface area contributed by atoms with Crippen LogP contribution in [0.15, 0.2) is 0 Å². The topological polar surface area (TPSA) is 88.0 Å². The van der Waals surface area contributed by atoms with E-state index in [-0.39, 0.29) is 6.42 Å². The SMILES string of the molecule is COC(C[C@H](NB(C)O)C(=O)O)OC. The maximum atomic E-state index is 10.7. The lowest BCUT2D eigenvalue weighted by molar-refractivity contribution is -0.146. The van der Waals surface area contributed by atoms with Crippen molar-refractivity contribution in [1.29, 1.82) is 0 Å². The summed E-state index contributed by atoms with van der Waals surface area (Å²) in [5.41, 5.74) is 0. The van der Waals surface area contributed by atoms with Crippen LogP contribution in [0.3, 0.4) is 0 Å². The van der Waals surface area contributed by atoms with Crippen LogP contribution in [0.25, 0.3) is 0 Å². The molecule has 82 valence electrons. The molecule has 1 atom stereocenters. The monoisotopic (exact) mass is 205 g/mol. The second-order valence-electron chi connectivity index (χ2n) is 2.87. The van der Waals surface area contributed by atoms with Gasteiger partial charge in [-0.2, -0.15) is 0 Å². The van der Waals surface area contributed by atoms with E-state index >= 15 is 0 Å². The highest BCUT2D eigenvalue weighted by molar-refractivity contribution is 6.46. The molecular formula is C7H16BNO5. The number of carboxylic acid groups (broad SMARTS) is 1. The van der Waals surface area contributed by atoms with Crippen LogP contribution in [0.2, 0.25) is 6.82 Å². The molecule has 6 nitrogen and oxygen atoms in total. The molecule has 0 aromatic rings. The summed E-state index contributed by atoms with van der Waals surface area (Å²) in [6.07, 6.45) is -0.463. The summed E-state index contributed by atoms with van der Waals surface area (Å²) < 4.78 is 9.71. The molecule has 0 aromatic carbocycles. The second kappa shape index (κ2) is 6.77. The summed E-state index contributed by atoms with van der Waals surface area (Å²) in [5.74, 6) is -1.05. The normalized spacial score (nSPS) is 12.9. The Morgan fingerprint density at radius 3 is 2.29 bits per heavy atom. The first-order valence-electron chi connectivity index (χ1n) is 4.23. The van der Waals surface area contributed by atoms with Gasteiger partial charge in [0.05, 0.1) is 0 Å².